The standard InChI is InChI=1S/C34H33NO9/c1-5-44-26-12-17(6-11-24(26)36)28-19-9-10-21-27(22(19)14-23-29(38)15(2)16(3)30(39)34(23,28)4)32(41)35(31(21)40)18-7-8-20(33(42)43)25(37)13-18/h6-9,11-13,21-23,27-28,36-37H,5,10,14H2,1-4H3,(H,42,43)/t21-,22+,23-,27-,28-,34+/m0/s1. The lowest BCUT2D eigenvalue weighted by Gasteiger charge is -2.54. The number of ketones is 2. The van der Waals surface area contributed by atoms with Crippen molar-refractivity contribution in [2.45, 2.75) is 46.5 Å². The maximum atomic E-state index is 14.1. The van der Waals surface area contributed by atoms with Crippen LogP contribution >= 0.6 is 0 Å². The van der Waals surface area contributed by atoms with Crippen molar-refractivity contribution in [3.05, 3.63) is 70.3 Å². The number of aromatic hydroxyl groups is 2. The highest BCUT2D eigenvalue weighted by molar-refractivity contribution is 6.23. The van der Waals surface area contributed by atoms with Crippen LogP contribution in [0.5, 0.6) is 17.2 Å². The molecule has 3 aliphatic carbocycles. The molecule has 0 spiro atoms. The average molecular weight is 600 g/mol. The number of phenolic OH excluding ortho intramolecular Hbond substituents is 1. The SMILES string of the molecule is CCOc1cc([C@H]2C3=CC[C@@H]4C(=O)N(c5ccc(C(=O)O)c(O)c5)C(=O)[C@@H]4[C@@H]3C[C@H]3C(=O)C(C)=C(C)C(=O)[C@@]23C)ccc1O. The Labute approximate surface area is 253 Å². The highest BCUT2D eigenvalue weighted by Crippen LogP contribution is 2.63. The van der Waals surface area contributed by atoms with E-state index in [2.05, 4.69) is 0 Å². The Hall–Kier alpha value is -4.73. The number of amides is 2. The summed E-state index contributed by atoms with van der Waals surface area (Å²) in [6, 6.07) is 8.44. The van der Waals surface area contributed by atoms with Crippen LogP contribution in [0.4, 0.5) is 5.69 Å². The van der Waals surface area contributed by atoms with E-state index in [-0.39, 0.29) is 47.2 Å². The topological polar surface area (TPSA) is 159 Å². The summed E-state index contributed by atoms with van der Waals surface area (Å²) in [5.74, 6) is -6.52. The molecular formula is C34H33NO9. The molecule has 0 bridgehead atoms. The molecule has 2 aromatic carbocycles. The third-order valence-corrected chi connectivity index (χ3v) is 10.3. The highest BCUT2D eigenvalue weighted by Gasteiger charge is 2.64. The third-order valence-electron chi connectivity index (χ3n) is 10.3. The van der Waals surface area contributed by atoms with Gasteiger partial charge in [-0.1, -0.05) is 24.6 Å². The molecule has 2 aromatic rings. The van der Waals surface area contributed by atoms with Crippen molar-refractivity contribution < 1.29 is 44.0 Å². The van der Waals surface area contributed by atoms with Crippen molar-refractivity contribution in [3.8, 4) is 17.2 Å². The van der Waals surface area contributed by atoms with Gasteiger partial charge in [-0.15, -0.1) is 0 Å². The Bertz CT molecular complexity index is 1740. The first kappa shape index (κ1) is 29.3. The Morgan fingerprint density at radius 2 is 1.70 bits per heavy atom. The van der Waals surface area contributed by atoms with E-state index in [9.17, 15) is 39.3 Å². The lowest BCUT2D eigenvalue weighted by atomic mass is 9.46. The van der Waals surface area contributed by atoms with E-state index in [4.69, 9.17) is 4.74 Å². The van der Waals surface area contributed by atoms with Crippen LogP contribution in [-0.2, 0) is 19.2 Å². The van der Waals surface area contributed by atoms with E-state index in [1.807, 2.05) is 6.08 Å². The van der Waals surface area contributed by atoms with Gasteiger partial charge in [0.05, 0.1) is 29.5 Å². The van der Waals surface area contributed by atoms with Crippen molar-refractivity contribution in [1.82, 2.24) is 0 Å². The Kier molecular flexibility index (Phi) is 6.79. The minimum atomic E-state index is -1.35. The summed E-state index contributed by atoms with van der Waals surface area (Å²) in [6.07, 6.45) is 2.34. The second-order valence-electron chi connectivity index (χ2n) is 12.3. The third kappa shape index (κ3) is 3.96. The van der Waals surface area contributed by atoms with Gasteiger partial charge < -0.3 is 20.1 Å². The van der Waals surface area contributed by atoms with Crippen LogP contribution in [-0.4, -0.2) is 51.3 Å². The van der Waals surface area contributed by atoms with Gasteiger partial charge in [0.2, 0.25) is 11.8 Å². The minimum absolute atomic E-state index is 0.0638. The van der Waals surface area contributed by atoms with Crippen molar-refractivity contribution in [2.75, 3.05) is 11.5 Å². The molecule has 1 saturated heterocycles. The van der Waals surface area contributed by atoms with Gasteiger partial charge in [-0.2, -0.15) is 0 Å². The first-order chi connectivity index (χ1) is 20.8. The first-order valence-electron chi connectivity index (χ1n) is 14.7. The maximum Gasteiger partial charge on any atom is 0.339 e. The molecule has 6 rings (SSSR count). The molecule has 1 heterocycles. The number of allylic oxidation sites excluding steroid dienone is 4. The molecule has 228 valence electrons. The number of anilines is 1. The van der Waals surface area contributed by atoms with Crippen molar-refractivity contribution in [1.29, 1.82) is 0 Å². The summed E-state index contributed by atoms with van der Waals surface area (Å²) < 4.78 is 5.66. The first-order valence-corrected chi connectivity index (χ1v) is 14.7. The molecule has 3 N–H and O–H groups in total. The van der Waals surface area contributed by atoms with E-state index < -0.39 is 58.5 Å². The van der Waals surface area contributed by atoms with Crippen LogP contribution in [0.2, 0.25) is 0 Å². The summed E-state index contributed by atoms with van der Waals surface area (Å²) in [7, 11) is 0. The number of hydrogen-bond acceptors (Lipinski definition) is 8. The fourth-order valence-electron chi connectivity index (χ4n) is 8.04. The van der Waals surface area contributed by atoms with Gasteiger partial charge in [-0.3, -0.25) is 19.2 Å². The molecule has 0 unspecified atom stereocenters. The molecule has 4 aliphatic rings. The number of carbonyl (C=O) groups is 5. The molecule has 0 aromatic heterocycles. The summed E-state index contributed by atoms with van der Waals surface area (Å²) in [6.45, 7) is 7.19. The monoisotopic (exact) mass is 599 g/mol. The zero-order chi connectivity index (χ0) is 31.8. The lowest BCUT2D eigenvalue weighted by Crippen LogP contribution is -2.55. The fraction of sp³-hybridized carbons (Fsp3) is 0.382. The summed E-state index contributed by atoms with van der Waals surface area (Å²) in [5, 5.41) is 30.1. The lowest BCUT2D eigenvalue weighted by molar-refractivity contribution is -0.142. The number of Topliss-reactive ketones (excluding diaryl/α,β-unsaturated/α-hetero) is 2. The smallest absolute Gasteiger partial charge is 0.339 e. The molecule has 2 fully saturated rings. The van der Waals surface area contributed by atoms with Gasteiger partial charge >= 0.3 is 5.97 Å². The maximum absolute atomic E-state index is 14.1. The molecule has 6 atom stereocenters. The molecule has 10 nitrogen and oxygen atoms in total. The van der Waals surface area contributed by atoms with Crippen LogP contribution in [0.3, 0.4) is 0 Å². The van der Waals surface area contributed by atoms with Crippen LogP contribution in [0, 0.1) is 29.1 Å². The molecule has 0 radical (unpaired) electrons. The zero-order valence-electron chi connectivity index (χ0n) is 24.8. The molecule has 10 heteroatoms. The quantitative estimate of drug-likeness (QED) is 0.331. The zero-order valence-corrected chi connectivity index (χ0v) is 24.8. The van der Waals surface area contributed by atoms with Gasteiger partial charge in [0.25, 0.3) is 0 Å². The summed E-state index contributed by atoms with van der Waals surface area (Å²) in [5.41, 5.74) is 0.764. The number of fused-ring (bicyclic) bond motifs is 4. The Balaban J connectivity index is 1.49. The van der Waals surface area contributed by atoms with Crippen LogP contribution in [0.25, 0.3) is 0 Å². The number of carboxylic acid groups (broad SMARTS) is 1. The van der Waals surface area contributed by atoms with Gasteiger partial charge in [-0.25, -0.2) is 9.69 Å². The Morgan fingerprint density at radius 1 is 0.977 bits per heavy atom. The van der Waals surface area contributed by atoms with Crippen molar-refractivity contribution in [2.24, 2.45) is 29.1 Å². The molecule has 44 heavy (non-hydrogen) atoms. The number of nitrogens with zero attached hydrogens (tertiary/aromatic N) is 1. The largest absolute Gasteiger partial charge is 0.507 e. The van der Waals surface area contributed by atoms with Crippen LogP contribution < -0.4 is 9.64 Å². The van der Waals surface area contributed by atoms with E-state index in [0.717, 1.165) is 22.6 Å². The van der Waals surface area contributed by atoms with Crippen molar-refractivity contribution >= 4 is 35.0 Å². The fourth-order valence-corrected chi connectivity index (χ4v) is 8.04. The molecular weight excluding hydrogens is 566 g/mol. The number of rotatable bonds is 5. The number of ether oxygens (including phenoxy) is 1. The predicted molar refractivity (Wildman–Crippen MR) is 157 cm³/mol. The number of phenols is 2. The van der Waals surface area contributed by atoms with Crippen LogP contribution in [0.1, 0.15) is 62.4 Å². The van der Waals surface area contributed by atoms with Gasteiger partial charge in [0, 0.05) is 17.9 Å². The van der Waals surface area contributed by atoms with Gasteiger partial charge in [0.15, 0.2) is 23.1 Å². The van der Waals surface area contributed by atoms with Gasteiger partial charge in [0.1, 0.15) is 11.3 Å². The Morgan fingerprint density at radius 3 is 2.36 bits per heavy atom. The molecule has 2 amide bonds. The molecule has 1 aliphatic heterocycles. The van der Waals surface area contributed by atoms with Crippen LogP contribution in [0.15, 0.2) is 59.2 Å². The number of carboxylic acids is 1. The minimum Gasteiger partial charge on any atom is -0.507 e. The average Bonchev–Trinajstić information content (AvgIpc) is 3.25. The number of benzene rings is 2. The second-order valence-corrected chi connectivity index (χ2v) is 12.3. The van der Waals surface area contributed by atoms with E-state index >= 15 is 0 Å². The number of carbonyl (C=O) groups excluding carboxylic acids is 4. The number of hydrogen-bond donors (Lipinski definition) is 3. The van der Waals surface area contributed by atoms with E-state index in [0.29, 0.717) is 23.3 Å². The number of imide groups is 1. The highest BCUT2D eigenvalue weighted by atomic mass is 16.5. The van der Waals surface area contributed by atoms with E-state index in [1.165, 1.54) is 12.1 Å². The van der Waals surface area contributed by atoms with Gasteiger partial charge in [-0.05, 0) is 80.5 Å². The van der Waals surface area contributed by atoms with E-state index in [1.54, 1.807) is 39.8 Å². The number of aromatic carboxylic acids is 1. The second kappa shape index (κ2) is 10.2. The predicted octanol–water partition coefficient (Wildman–Crippen LogP) is 4.54. The van der Waals surface area contributed by atoms with Crippen molar-refractivity contribution in [3.63, 3.8) is 0 Å². The normalized spacial score (nSPS) is 29.7. The molecule has 1 saturated carbocycles. The summed E-state index contributed by atoms with van der Waals surface area (Å²) >= 11 is 0. The summed E-state index contributed by atoms with van der Waals surface area (Å²) in [4.78, 5) is 68.3.